The highest BCUT2D eigenvalue weighted by atomic mass is 79.9. The Hall–Kier alpha value is -0.780. The molecule has 68 valence electrons. The van der Waals surface area contributed by atoms with E-state index in [1.54, 1.807) is 0 Å². The monoisotopic (exact) mass is 238 g/mol. The Kier molecular flexibility index (Phi) is 3.53. The van der Waals surface area contributed by atoms with Crippen LogP contribution in [0.3, 0.4) is 0 Å². The molecule has 0 aromatic heterocycles. The lowest BCUT2D eigenvalue weighted by Crippen LogP contribution is -1.88. The number of rotatable bonds is 0. The summed E-state index contributed by atoms with van der Waals surface area (Å²) in [6, 6.07) is 4.04. The zero-order valence-corrected chi connectivity index (χ0v) is 9.27. The second-order valence-electron chi connectivity index (χ2n) is 2.87. The van der Waals surface area contributed by atoms with E-state index in [0.29, 0.717) is 0 Å². The average Bonchev–Trinajstić information content (AvgIpc) is 2.02. The molecule has 0 heterocycles. The fraction of sp³-hybridized carbons (Fsp3) is 0.273. The quantitative estimate of drug-likeness (QED) is 0.689. The molecule has 1 aromatic rings. The van der Waals surface area contributed by atoms with Gasteiger partial charge in [0.2, 0.25) is 0 Å². The second kappa shape index (κ2) is 4.45. The molecular weight excluding hydrogens is 228 g/mol. The molecule has 1 nitrogen and oxygen atoms in total. The van der Waals surface area contributed by atoms with Crippen LogP contribution in [0.25, 0.3) is 0 Å². The van der Waals surface area contributed by atoms with Crippen molar-refractivity contribution in [3.05, 3.63) is 33.3 Å². The molecule has 1 rings (SSSR count). The molecule has 0 aliphatic rings. The van der Waals surface area contributed by atoms with Crippen LogP contribution < -0.4 is 0 Å². The summed E-state index contributed by atoms with van der Waals surface area (Å²) in [6.45, 7) is 3.94. The summed E-state index contributed by atoms with van der Waals surface area (Å²) in [6.07, 6.45) is 0. The summed E-state index contributed by atoms with van der Waals surface area (Å²) in [7, 11) is 0. The molecule has 0 aliphatic carbocycles. The van der Waals surface area contributed by atoms with E-state index in [1.165, 1.54) is 0 Å². The maximum Gasteiger partial charge on any atom is 0.104 e. The molecule has 1 N–H and O–H groups in total. The zero-order valence-electron chi connectivity index (χ0n) is 7.69. The van der Waals surface area contributed by atoms with Gasteiger partial charge in [-0.05, 0) is 37.1 Å². The van der Waals surface area contributed by atoms with Crippen LogP contribution in [0.2, 0.25) is 0 Å². The average molecular weight is 239 g/mol. The molecule has 0 atom stereocenters. The van der Waals surface area contributed by atoms with Crippen LogP contribution in [-0.2, 0) is 0 Å². The molecule has 1 aromatic carbocycles. The van der Waals surface area contributed by atoms with Crippen LogP contribution in [0.15, 0.2) is 16.6 Å². The van der Waals surface area contributed by atoms with Crippen LogP contribution >= 0.6 is 15.9 Å². The standard InChI is InChI=1S/C11H11BrO/c1-8-6-10(12)7-9(2)11(8)4-3-5-13/h6-7,13H,5H2,1-2H3. The lowest BCUT2D eigenvalue weighted by molar-refractivity contribution is 0.350. The van der Waals surface area contributed by atoms with E-state index in [4.69, 9.17) is 5.11 Å². The molecule has 0 saturated heterocycles. The van der Waals surface area contributed by atoms with Crippen molar-refractivity contribution in [1.29, 1.82) is 0 Å². The Balaban J connectivity index is 3.21. The summed E-state index contributed by atoms with van der Waals surface area (Å²) in [5.74, 6) is 5.59. The summed E-state index contributed by atoms with van der Waals surface area (Å²) < 4.78 is 1.07. The highest BCUT2D eigenvalue weighted by molar-refractivity contribution is 9.10. The normalized spacial score (nSPS) is 9.23. The minimum Gasteiger partial charge on any atom is -0.384 e. The number of hydrogen-bond donors (Lipinski definition) is 1. The van der Waals surface area contributed by atoms with E-state index in [2.05, 4.69) is 27.8 Å². The maximum atomic E-state index is 8.58. The number of aliphatic hydroxyl groups is 1. The largest absolute Gasteiger partial charge is 0.384 e. The molecule has 0 amide bonds. The van der Waals surface area contributed by atoms with Crippen molar-refractivity contribution in [3.63, 3.8) is 0 Å². The first-order valence-corrected chi connectivity index (χ1v) is 4.81. The first kappa shape index (κ1) is 10.3. The van der Waals surface area contributed by atoms with Crippen LogP contribution in [0, 0.1) is 25.7 Å². The van der Waals surface area contributed by atoms with E-state index >= 15 is 0 Å². The highest BCUT2D eigenvalue weighted by Gasteiger charge is 2.00. The van der Waals surface area contributed by atoms with Gasteiger partial charge in [0, 0.05) is 10.0 Å². The van der Waals surface area contributed by atoms with E-state index in [0.717, 1.165) is 21.2 Å². The molecule has 0 bridgehead atoms. The Bertz CT molecular complexity index is 348. The smallest absolute Gasteiger partial charge is 0.104 e. The van der Waals surface area contributed by atoms with Gasteiger partial charge in [-0.3, -0.25) is 0 Å². The van der Waals surface area contributed by atoms with Crippen molar-refractivity contribution < 1.29 is 5.11 Å². The summed E-state index contributed by atoms with van der Waals surface area (Å²) in [5, 5.41) is 8.58. The minimum absolute atomic E-state index is 0.0883. The van der Waals surface area contributed by atoms with E-state index in [-0.39, 0.29) is 6.61 Å². The van der Waals surface area contributed by atoms with E-state index in [9.17, 15) is 0 Å². The molecule has 0 saturated carbocycles. The van der Waals surface area contributed by atoms with Gasteiger partial charge in [0.25, 0.3) is 0 Å². The molecule has 0 aliphatic heterocycles. The third kappa shape index (κ3) is 2.58. The number of halogens is 1. The SMILES string of the molecule is Cc1cc(Br)cc(C)c1C#CCO. The predicted octanol–water partition coefficient (Wildman–Crippen LogP) is 2.41. The lowest BCUT2D eigenvalue weighted by atomic mass is 10.0. The highest BCUT2D eigenvalue weighted by Crippen LogP contribution is 2.19. The minimum atomic E-state index is -0.0883. The Morgan fingerprint density at radius 1 is 1.31 bits per heavy atom. The molecule has 0 spiro atoms. The van der Waals surface area contributed by atoms with Crippen LogP contribution in [-0.4, -0.2) is 11.7 Å². The zero-order chi connectivity index (χ0) is 9.84. The van der Waals surface area contributed by atoms with Gasteiger partial charge in [-0.15, -0.1) is 0 Å². The summed E-state index contributed by atoms with van der Waals surface area (Å²) in [4.78, 5) is 0. The molecule has 13 heavy (non-hydrogen) atoms. The van der Waals surface area contributed by atoms with Crippen molar-refractivity contribution in [2.75, 3.05) is 6.61 Å². The molecule has 0 fully saturated rings. The van der Waals surface area contributed by atoms with Crippen molar-refractivity contribution >= 4 is 15.9 Å². The lowest BCUT2D eigenvalue weighted by Gasteiger charge is -2.03. The van der Waals surface area contributed by atoms with Gasteiger partial charge in [-0.1, -0.05) is 27.8 Å². The van der Waals surface area contributed by atoms with Crippen LogP contribution in [0.1, 0.15) is 16.7 Å². The Morgan fingerprint density at radius 3 is 2.31 bits per heavy atom. The predicted molar refractivity (Wildman–Crippen MR) is 57.6 cm³/mol. The molecule has 0 radical (unpaired) electrons. The summed E-state index contributed by atoms with van der Waals surface area (Å²) >= 11 is 3.42. The first-order valence-electron chi connectivity index (χ1n) is 4.01. The third-order valence-corrected chi connectivity index (χ3v) is 2.25. The fourth-order valence-electron chi connectivity index (χ4n) is 1.24. The van der Waals surface area contributed by atoms with Crippen molar-refractivity contribution in [2.45, 2.75) is 13.8 Å². The number of hydrogen-bond acceptors (Lipinski definition) is 1. The van der Waals surface area contributed by atoms with E-state index in [1.807, 2.05) is 26.0 Å². The van der Waals surface area contributed by atoms with Gasteiger partial charge in [0.15, 0.2) is 0 Å². The topological polar surface area (TPSA) is 20.2 Å². The summed E-state index contributed by atoms with van der Waals surface area (Å²) in [5.41, 5.74) is 3.28. The van der Waals surface area contributed by atoms with Gasteiger partial charge in [-0.25, -0.2) is 0 Å². The fourth-order valence-corrected chi connectivity index (χ4v) is 1.92. The number of aliphatic hydroxyl groups excluding tert-OH is 1. The van der Waals surface area contributed by atoms with Crippen molar-refractivity contribution in [3.8, 4) is 11.8 Å². The second-order valence-corrected chi connectivity index (χ2v) is 3.79. The number of benzene rings is 1. The Labute approximate surface area is 86.9 Å². The van der Waals surface area contributed by atoms with Crippen LogP contribution in [0.4, 0.5) is 0 Å². The van der Waals surface area contributed by atoms with E-state index < -0.39 is 0 Å². The molecular formula is C11H11BrO. The van der Waals surface area contributed by atoms with Crippen molar-refractivity contribution in [2.24, 2.45) is 0 Å². The van der Waals surface area contributed by atoms with Crippen LogP contribution in [0.5, 0.6) is 0 Å². The maximum absolute atomic E-state index is 8.58. The van der Waals surface area contributed by atoms with Gasteiger partial charge >= 0.3 is 0 Å². The molecule has 0 unspecified atom stereocenters. The molecule has 2 heteroatoms. The van der Waals surface area contributed by atoms with Gasteiger partial charge in [-0.2, -0.15) is 0 Å². The number of aryl methyl sites for hydroxylation is 2. The first-order chi connectivity index (χ1) is 6.15. The van der Waals surface area contributed by atoms with Crippen molar-refractivity contribution in [1.82, 2.24) is 0 Å². The van der Waals surface area contributed by atoms with Gasteiger partial charge in [0.1, 0.15) is 6.61 Å². The third-order valence-electron chi connectivity index (χ3n) is 1.79. The van der Waals surface area contributed by atoms with Gasteiger partial charge in [0.05, 0.1) is 0 Å². The van der Waals surface area contributed by atoms with Gasteiger partial charge < -0.3 is 5.11 Å². The Morgan fingerprint density at radius 2 is 1.85 bits per heavy atom.